The fourth-order valence-electron chi connectivity index (χ4n) is 3.71. The van der Waals surface area contributed by atoms with Crippen LogP contribution in [0.5, 0.6) is 0 Å². The Kier molecular flexibility index (Phi) is 20.0. The first-order valence-electron chi connectivity index (χ1n) is 13.0. The Bertz CT molecular complexity index is 531. The van der Waals surface area contributed by atoms with Gasteiger partial charge in [0.1, 0.15) is 0 Å². The van der Waals surface area contributed by atoms with Gasteiger partial charge in [0.2, 0.25) is 0 Å². The third-order valence-corrected chi connectivity index (χ3v) is 15.5. The average molecular weight is 579 g/mol. The Hall–Kier alpha value is -0.831. The second-order valence-electron chi connectivity index (χ2n) is 8.89. The topological polar surface area (TPSA) is 99.1 Å². The third kappa shape index (κ3) is 16.4. The van der Waals surface area contributed by atoms with Gasteiger partial charge in [-0.15, -0.1) is 0 Å². The number of aliphatic hydroxyl groups is 1. The van der Waals surface area contributed by atoms with E-state index in [-0.39, 0.29) is 5.97 Å². The predicted octanol–water partition coefficient (Wildman–Crippen LogP) is 5.96. The molecule has 0 rings (SSSR count). The number of carbonyl (C=O) groups excluding carboxylic acids is 3. The SMILES string of the molecule is CCCCCCCCCCCC(=O)[O][Sn]([CH2]CCC)([CH2]CCC)[O]C(=O)CC(O)C(=O)OC. The van der Waals surface area contributed by atoms with Gasteiger partial charge < -0.3 is 0 Å². The van der Waals surface area contributed by atoms with Crippen molar-refractivity contribution in [3.8, 4) is 0 Å². The van der Waals surface area contributed by atoms with Crippen LogP contribution >= 0.6 is 0 Å². The molecule has 8 heteroatoms. The molecular weight excluding hydrogens is 531 g/mol. The zero-order valence-corrected chi connectivity index (χ0v) is 24.3. The summed E-state index contributed by atoms with van der Waals surface area (Å²) in [4.78, 5) is 36.6. The number of ether oxygens (including phenoxy) is 1. The summed E-state index contributed by atoms with van der Waals surface area (Å²) in [6.45, 7) is 6.31. The molecule has 1 atom stereocenters. The van der Waals surface area contributed by atoms with Gasteiger partial charge >= 0.3 is 200 Å². The molecule has 0 heterocycles. The van der Waals surface area contributed by atoms with E-state index in [0.29, 0.717) is 15.3 Å². The molecule has 0 aliphatic rings. The molecule has 0 amide bonds. The number of methoxy groups -OCH3 is 1. The van der Waals surface area contributed by atoms with E-state index >= 15 is 0 Å². The van der Waals surface area contributed by atoms with Crippen LogP contribution in [0.2, 0.25) is 8.87 Å². The van der Waals surface area contributed by atoms with Crippen LogP contribution in [-0.4, -0.2) is 55.4 Å². The molecule has 0 aliphatic heterocycles. The molecule has 0 saturated carbocycles. The number of rotatable bonds is 21. The van der Waals surface area contributed by atoms with Gasteiger partial charge in [-0.1, -0.05) is 6.92 Å². The van der Waals surface area contributed by atoms with Crippen molar-refractivity contribution in [2.24, 2.45) is 0 Å². The summed E-state index contributed by atoms with van der Waals surface area (Å²) in [5, 5.41) is 9.81. The van der Waals surface area contributed by atoms with E-state index in [2.05, 4.69) is 11.7 Å². The van der Waals surface area contributed by atoms with Crippen LogP contribution in [0.1, 0.15) is 117 Å². The van der Waals surface area contributed by atoms with Crippen molar-refractivity contribution in [1.29, 1.82) is 0 Å². The van der Waals surface area contributed by atoms with Gasteiger partial charge in [0.15, 0.2) is 0 Å². The van der Waals surface area contributed by atoms with E-state index in [1.165, 1.54) is 38.5 Å². The van der Waals surface area contributed by atoms with E-state index in [9.17, 15) is 19.5 Å². The van der Waals surface area contributed by atoms with Crippen LogP contribution in [0.4, 0.5) is 0 Å². The molecule has 0 fully saturated rings. The molecule has 1 N–H and O–H groups in total. The first-order valence-corrected chi connectivity index (χ1v) is 19.4. The Balaban J connectivity index is 4.78. The van der Waals surface area contributed by atoms with E-state index in [0.717, 1.165) is 52.1 Å². The normalized spacial score (nSPS) is 12.3. The van der Waals surface area contributed by atoms with Gasteiger partial charge in [-0.05, 0) is 0 Å². The second-order valence-corrected chi connectivity index (χ2v) is 18.1. The molecule has 0 saturated heterocycles. The third-order valence-electron chi connectivity index (χ3n) is 5.74. The van der Waals surface area contributed by atoms with Crippen molar-refractivity contribution in [1.82, 2.24) is 0 Å². The number of carbonyl (C=O) groups is 3. The zero-order chi connectivity index (χ0) is 25.0. The summed E-state index contributed by atoms with van der Waals surface area (Å²) in [5.41, 5.74) is 0. The summed E-state index contributed by atoms with van der Waals surface area (Å²) in [6.07, 6.45) is 12.3. The van der Waals surface area contributed by atoms with Crippen LogP contribution in [0.3, 0.4) is 0 Å². The van der Waals surface area contributed by atoms with Crippen LogP contribution < -0.4 is 0 Å². The summed E-state index contributed by atoms with van der Waals surface area (Å²) >= 11 is -4.04. The van der Waals surface area contributed by atoms with E-state index in [4.69, 9.17) is 6.15 Å². The molecule has 0 spiro atoms. The number of aliphatic hydroxyl groups excluding tert-OH is 1. The maximum atomic E-state index is 12.7. The molecule has 194 valence electrons. The van der Waals surface area contributed by atoms with Crippen molar-refractivity contribution in [3.63, 3.8) is 0 Å². The Morgan fingerprint density at radius 2 is 1.15 bits per heavy atom. The summed E-state index contributed by atoms with van der Waals surface area (Å²) in [7, 11) is 1.15. The first kappa shape index (κ1) is 32.2. The minimum atomic E-state index is -4.04. The number of hydrogen-bond acceptors (Lipinski definition) is 7. The molecule has 0 radical (unpaired) electrons. The van der Waals surface area contributed by atoms with Crippen LogP contribution in [0.15, 0.2) is 0 Å². The first-order chi connectivity index (χ1) is 15.8. The van der Waals surface area contributed by atoms with Gasteiger partial charge in [0.25, 0.3) is 0 Å². The molecule has 0 aliphatic carbocycles. The van der Waals surface area contributed by atoms with E-state index < -0.39 is 43.7 Å². The van der Waals surface area contributed by atoms with Crippen LogP contribution in [-0.2, 0) is 25.3 Å². The summed E-state index contributed by atoms with van der Waals surface area (Å²) in [5.74, 6) is -1.84. The molecule has 0 aromatic heterocycles. The Morgan fingerprint density at radius 1 is 0.697 bits per heavy atom. The van der Waals surface area contributed by atoms with Crippen molar-refractivity contribution in [2.45, 2.75) is 132 Å². The molecule has 0 aromatic rings. The fourth-order valence-corrected chi connectivity index (χ4v) is 13.7. The van der Waals surface area contributed by atoms with Crippen LogP contribution in [0, 0.1) is 0 Å². The van der Waals surface area contributed by atoms with Crippen molar-refractivity contribution in [2.75, 3.05) is 7.11 Å². The van der Waals surface area contributed by atoms with Gasteiger partial charge in [-0.3, -0.25) is 0 Å². The zero-order valence-electron chi connectivity index (χ0n) is 21.5. The van der Waals surface area contributed by atoms with Crippen molar-refractivity contribution < 1.29 is 30.4 Å². The standard InChI is InChI=1S/C12H24O2.C5H8O5.2C4H9.Sn/c1-2-3-4-5-6-7-8-9-10-11-12(13)14;1-10-5(9)3(6)2-4(7)8;2*1-3-4-2;/h2-11H2,1H3,(H,13,14);3,6H,2H2,1H3,(H,7,8);2*1,3-4H2,2H3;/q;;;;+2/p-2. The number of esters is 1. The average Bonchev–Trinajstić information content (AvgIpc) is 2.79. The van der Waals surface area contributed by atoms with Gasteiger partial charge in [-0.2, -0.15) is 0 Å². The second kappa shape index (κ2) is 20.5. The fraction of sp³-hybridized carbons (Fsp3) is 0.880. The summed E-state index contributed by atoms with van der Waals surface area (Å²) in [6, 6.07) is 0. The van der Waals surface area contributed by atoms with E-state index in [1.54, 1.807) is 0 Å². The molecule has 1 unspecified atom stereocenters. The molecule has 0 aromatic carbocycles. The van der Waals surface area contributed by atoms with Gasteiger partial charge in [0.05, 0.1) is 0 Å². The van der Waals surface area contributed by atoms with Crippen LogP contribution in [0.25, 0.3) is 0 Å². The molecule has 0 bridgehead atoms. The minimum absolute atomic E-state index is 0.276. The Morgan fingerprint density at radius 3 is 1.64 bits per heavy atom. The number of hydrogen-bond donors (Lipinski definition) is 1. The summed E-state index contributed by atoms with van der Waals surface area (Å²) < 4.78 is 17.5. The van der Waals surface area contributed by atoms with Crippen molar-refractivity contribution >= 4 is 37.1 Å². The number of unbranched alkanes of at least 4 members (excludes halogenated alkanes) is 10. The van der Waals surface area contributed by atoms with Gasteiger partial charge in [-0.25, -0.2) is 0 Å². The molecule has 33 heavy (non-hydrogen) atoms. The quantitative estimate of drug-likeness (QED) is 0.102. The Labute approximate surface area is 206 Å². The van der Waals surface area contributed by atoms with Crippen molar-refractivity contribution in [3.05, 3.63) is 0 Å². The van der Waals surface area contributed by atoms with E-state index in [1.807, 2.05) is 13.8 Å². The molecule has 7 nitrogen and oxygen atoms in total. The van der Waals surface area contributed by atoms with Gasteiger partial charge in [0, 0.05) is 0 Å². The predicted molar refractivity (Wildman–Crippen MR) is 132 cm³/mol. The monoisotopic (exact) mass is 580 g/mol. The molecular formula is C25H48O7Sn. The maximum absolute atomic E-state index is 12.7.